The standard InChI is InChI=1S/C25H30N2O4S/c1-30-21-13-20(14-22(15-21)31-2)24(28)27-17-32-16-23(27)25(29)26-10-8-19(9-11-26)12-18-6-4-3-5-7-18/h3-7,13-15,19,23H,8-12,16-17H2,1-2H3. The highest BCUT2D eigenvalue weighted by atomic mass is 32.2. The summed E-state index contributed by atoms with van der Waals surface area (Å²) in [7, 11) is 3.12. The summed E-state index contributed by atoms with van der Waals surface area (Å²) in [6.45, 7) is 1.51. The molecule has 1 unspecified atom stereocenters. The van der Waals surface area contributed by atoms with E-state index in [0.717, 1.165) is 32.4 Å². The third kappa shape index (κ3) is 5.04. The number of ether oxygens (including phenoxy) is 2. The zero-order valence-corrected chi connectivity index (χ0v) is 19.5. The van der Waals surface area contributed by atoms with Gasteiger partial charge in [-0.15, -0.1) is 11.8 Å². The Balaban J connectivity index is 1.39. The van der Waals surface area contributed by atoms with Crippen LogP contribution in [0.15, 0.2) is 48.5 Å². The molecule has 1 atom stereocenters. The summed E-state index contributed by atoms with van der Waals surface area (Å²) < 4.78 is 10.6. The van der Waals surface area contributed by atoms with Gasteiger partial charge in [-0.3, -0.25) is 9.59 Å². The van der Waals surface area contributed by atoms with Crippen molar-refractivity contribution in [2.45, 2.75) is 25.3 Å². The van der Waals surface area contributed by atoms with Gasteiger partial charge in [0.25, 0.3) is 5.91 Å². The highest BCUT2D eigenvalue weighted by molar-refractivity contribution is 7.99. The second kappa shape index (κ2) is 10.3. The van der Waals surface area contributed by atoms with Crippen molar-refractivity contribution in [2.24, 2.45) is 5.92 Å². The van der Waals surface area contributed by atoms with E-state index in [9.17, 15) is 9.59 Å². The molecule has 0 radical (unpaired) electrons. The van der Waals surface area contributed by atoms with Crippen LogP contribution >= 0.6 is 11.8 Å². The first-order valence-corrected chi connectivity index (χ1v) is 12.2. The number of nitrogens with zero attached hydrogens (tertiary/aromatic N) is 2. The molecule has 0 bridgehead atoms. The quantitative estimate of drug-likeness (QED) is 0.666. The minimum Gasteiger partial charge on any atom is -0.497 e. The Hall–Kier alpha value is -2.67. The van der Waals surface area contributed by atoms with Gasteiger partial charge in [0.05, 0.1) is 20.1 Å². The highest BCUT2D eigenvalue weighted by Crippen LogP contribution is 2.30. The molecule has 2 aliphatic heterocycles. The SMILES string of the molecule is COc1cc(OC)cc(C(=O)N2CSCC2C(=O)N2CCC(Cc3ccccc3)CC2)c1. The van der Waals surface area contributed by atoms with Crippen molar-refractivity contribution in [1.82, 2.24) is 9.80 Å². The largest absolute Gasteiger partial charge is 0.497 e. The van der Waals surface area contributed by atoms with Gasteiger partial charge in [0, 0.05) is 30.5 Å². The van der Waals surface area contributed by atoms with E-state index in [1.54, 1.807) is 49.1 Å². The zero-order chi connectivity index (χ0) is 22.5. The first-order valence-electron chi connectivity index (χ1n) is 11.0. The Kier molecular flexibility index (Phi) is 7.25. The number of hydrogen-bond donors (Lipinski definition) is 0. The first kappa shape index (κ1) is 22.5. The summed E-state index contributed by atoms with van der Waals surface area (Å²) >= 11 is 1.62. The van der Waals surface area contributed by atoms with Gasteiger partial charge in [0.1, 0.15) is 17.5 Å². The van der Waals surface area contributed by atoms with Crippen LogP contribution in [0.25, 0.3) is 0 Å². The van der Waals surface area contributed by atoms with Crippen LogP contribution in [-0.4, -0.2) is 66.6 Å². The van der Waals surface area contributed by atoms with Crippen LogP contribution in [-0.2, 0) is 11.2 Å². The number of thioether (sulfide) groups is 1. The van der Waals surface area contributed by atoms with Crippen LogP contribution in [0.4, 0.5) is 0 Å². The number of methoxy groups -OCH3 is 2. The van der Waals surface area contributed by atoms with Crippen molar-refractivity contribution >= 4 is 23.6 Å². The lowest BCUT2D eigenvalue weighted by atomic mass is 9.90. The van der Waals surface area contributed by atoms with Gasteiger partial charge in [-0.1, -0.05) is 30.3 Å². The van der Waals surface area contributed by atoms with Crippen molar-refractivity contribution < 1.29 is 19.1 Å². The molecule has 0 aliphatic carbocycles. The van der Waals surface area contributed by atoms with Gasteiger partial charge < -0.3 is 19.3 Å². The zero-order valence-electron chi connectivity index (χ0n) is 18.7. The van der Waals surface area contributed by atoms with Crippen LogP contribution in [0.3, 0.4) is 0 Å². The van der Waals surface area contributed by atoms with Crippen LogP contribution in [0.1, 0.15) is 28.8 Å². The van der Waals surface area contributed by atoms with E-state index in [2.05, 4.69) is 24.3 Å². The van der Waals surface area contributed by atoms with Gasteiger partial charge in [0.15, 0.2) is 0 Å². The van der Waals surface area contributed by atoms with Crippen LogP contribution < -0.4 is 9.47 Å². The lowest BCUT2D eigenvalue weighted by Crippen LogP contribution is -2.51. The number of hydrogen-bond acceptors (Lipinski definition) is 5. The van der Waals surface area contributed by atoms with E-state index in [0.29, 0.717) is 34.6 Å². The molecule has 0 N–H and O–H groups in total. The molecular weight excluding hydrogens is 424 g/mol. The molecule has 2 fully saturated rings. The normalized spacial score (nSPS) is 19.1. The number of amides is 2. The minimum absolute atomic E-state index is 0.0661. The number of rotatable bonds is 6. The number of benzene rings is 2. The maximum Gasteiger partial charge on any atom is 0.255 e. The molecule has 0 saturated carbocycles. The topological polar surface area (TPSA) is 59.1 Å². The lowest BCUT2D eigenvalue weighted by molar-refractivity contribution is -0.136. The molecule has 4 rings (SSSR count). The van der Waals surface area contributed by atoms with Gasteiger partial charge in [-0.2, -0.15) is 0 Å². The Labute approximate surface area is 193 Å². The fourth-order valence-corrected chi connectivity index (χ4v) is 5.60. The molecule has 2 aliphatic rings. The Bertz CT molecular complexity index is 922. The van der Waals surface area contributed by atoms with Crippen LogP contribution in [0.2, 0.25) is 0 Å². The van der Waals surface area contributed by atoms with E-state index < -0.39 is 6.04 Å². The maximum absolute atomic E-state index is 13.3. The first-order chi connectivity index (χ1) is 15.6. The van der Waals surface area contributed by atoms with Gasteiger partial charge in [0.2, 0.25) is 5.91 Å². The Morgan fingerprint density at radius 1 is 1.00 bits per heavy atom. The van der Waals surface area contributed by atoms with Gasteiger partial charge in [-0.25, -0.2) is 0 Å². The Morgan fingerprint density at radius 2 is 1.66 bits per heavy atom. The Morgan fingerprint density at radius 3 is 2.28 bits per heavy atom. The average Bonchev–Trinajstić information content (AvgIpc) is 3.34. The maximum atomic E-state index is 13.3. The predicted octanol–water partition coefficient (Wildman–Crippen LogP) is 3.70. The molecule has 6 nitrogen and oxygen atoms in total. The van der Waals surface area contributed by atoms with Crippen molar-refractivity contribution in [2.75, 3.05) is 38.9 Å². The third-order valence-corrected chi connectivity index (χ3v) is 7.33. The number of piperidine rings is 1. The van der Waals surface area contributed by atoms with Crippen molar-refractivity contribution in [1.29, 1.82) is 0 Å². The second-order valence-electron chi connectivity index (χ2n) is 8.35. The average molecular weight is 455 g/mol. The fourth-order valence-electron chi connectivity index (χ4n) is 4.46. The van der Waals surface area contributed by atoms with E-state index in [4.69, 9.17) is 9.47 Å². The number of carbonyl (C=O) groups excluding carboxylic acids is 2. The highest BCUT2D eigenvalue weighted by Gasteiger charge is 2.38. The smallest absolute Gasteiger partial charge is 0.255 e. The summed E-state index contributed by atoms with van der Waals surface area (Å²) in [6.07, 6.45) is 3.06. The summed E-state index contributed by atoms with van der Waals surface area (Å²) in [5.41, 5.74) is 1.83. The summed E-state index contributed by atoms with van der Waals surface area (Å²) in [5.74, 6) is 2.77. The van der Waals surface area contributed by atoms with Crippen molar-refractivity contribution in [3.63, 3.8) is 0 Å². The molecule has 2 aromatic rings. The molecule has 0 spiro atoms. The number of carbonyl (C=O) groups is 2. The third-order valence-electron chi connectivity index (χ3n) is 6.32. The molecule has 7 heteroatoms. The van der Waals surface area contributed by atoms with Crippen molar-refractivity contribution in [3.8, 4) is 11.5 Å². The van der Waals surface area contributed by atoms with Crippen LogP contribution in [0.5, 0.6) is 11.5 Å². The lowest BCUT2D eigenvalue weighted by Gasteiger charge is -2.35. The second-order valence-corrected chi connectivity index (χ2v) is 9.35. The minimum atomic E-state index is -0.421. The molecule has 2 saturated heterocycles. The van der Waals surface area contributed by atoms with E-state index >= 15 is 0 Å². The summed E-state index contributed by atoms with van der Waals surface area (Å²) in [5, 5.41) is 0. The molecule has 2 amide bonds. The molecule has 0 aromatic heterocycles. The van der Waals surface area contributed by atoms with E-state index in [1.165, 1.54) is 5.56 Å². The van der Waals surface area contributed by atoms with Crippen molar-refractivity contribution in [3.05, 3.63) is 59.7 Å². The van der Waals surface area contributed by atoms with E-state index in [1.807, 2.05) is 11.0 Å². The molecule has 170 valence electrons. The molecule has 2 aromatic carbocycles. The predicted molar refractivity (Wildman–Crippen MR) is 126 cm³/mol. The monoisotopic (exact) mass is 454 g/mol. The van der Waals surface area contributed by atoms with Gasteiger partial charge >= 0.3 is 0 Å². The van der Waals surface area contributed by atoms with E-state index in [-0.39, 0.29) is 11.8 Å². The molecule has 32 heavy (non-hydrogen) atoms. The molecule has 2 heterocycles. The fraction of sp³-hybridized carbons (Fsp3) is 0.440. The van der Waals surface area contributed by atoms with Crippen LogP contribution in [0, 0.1) is 5.92 Å². The summed E-state index contributed by atoms with van der Waals surface area (Å²) in [6, 6.07) is 15.3. The van der Waals surface area contributed by atoms with Gasteiger partial charge in [-0.05, 0) is 42.9 Å². The summed E-state index contributed by atoms with van der Waals surface area (Å²) in [4.78, 5) is 30.2. The number of likely N-dealkylation sites (tertiary alicyclic amines) is 1. The molecular formula is C25H30N2O4S.